The molecule has 142 valence electrons. The van der Waals surface area contributed by atoms with Gasteiger partial charge in [0.25, 0.3) is 11.6 Å². The maximum absolute atomic E-state index is 13.5. The van der Waals surface area contributed by atoms with E-state index in [2.05, 4.69) is 25.3 Å². The Kier molecular flexibility index (Phi) is 3.83. The maximum Gasteiger partial charge on any atom is 0.289 e. The SMILES string of the molecule is CC(Nc1ncnc2nc(F)[nH]c12)c1cc2cccc(Cl)c2c(=O)n1C1CC1. The molecule has 28 heavy (non-hydrogen) atoms. The number of aromatic nitrogens is 5. The molecule has 0 radical (unpaired) electrons. The zero-order valence-electron chi connectivity index (χ0n) is 14.9. The van der Waals surface area contributed by atoms with Gasteiger partial charge in [-0.05, 0) is 37.3 Å². The van der Waals surface area contributed by atoms with E-state index in [1.54, 1.807) is 6.07 Å². The van der Waals surface area contributed by atoms with E-state index < -0.39 is 6.08 Å². The third-order valence-electron chi connectivity index (χ3n) is 5.03. The van der Waals surface area contributed by atoms with Crippen LogP contribution in [0.2, 0.25) is 5.02 Å². The van der Waals surface area contributed by atoms with Crippen molar-refractivity contribution in [1.29, 1.82) is 0 Å². The van der Waals surface area contributed by atoms with Gasteiger partial charge in [-0.1, -0.05) is 23.7 Å². The molecular weight excluding hydrogens is 383 g/mol. The summed E-state index contributed by atoms with van der Waals surface area (Å²) < 4.78 is 15.3. The van der Waals surface area contributed by atoms with Crippen LogP contribution in [-0.4, -0.2) is 24.5 Å². The van der Waals surface area contributed by atoms with Gasteiger partial charge in [0.1, 0.15) is 11.8 Å². The first-order chi connectivity index (χ1) is 13.5. The minimum absolute atomic E-state index is 0.0883. The van der Waals surface area contributed by atoms with Gasteiger partial charge in [-0.25, -0.2) is 9.97 Å². The normalized spacial score (nSPS) is 15.2. The van der Waals surface area contributed by atoms with Crippen molar-refractivity contribution >= 4 is 39.4 Å². The van der Waals surface area contributed by atoms with Crippen LogP contribution in [0.4, 0.5) is 10.2 Å². The van der Waals surface area contributed by atoms with Crippen molar-refractivity contribution in [2.45, 2.75) is 31.8 Å². The van der Waals surface area contributed by atoms with Gasteiger partial charge >= 0.3 is 0 Å². The number of halogens is 2. The molecule has 0 spiro atoms. The number of hydrogen-bond acceptors (Lipinski definition) is 5. The van der Waals surface area contributed by atoms with Gasteiger partial charge in [-0.3, -0.25) is 4.79 Å². The molecular formula is C19H16ClFN6O. The first-order valence-electron chi connectivity index (χ1n) is 8.99. The highest BCUT2D eigenvalue weighted by Gasteiger charge is 2.29. The lowest BCUT2D eigenvalue weighted by atomic mass is 10.1. The van der Waals surface area contributed by atoms with Crippen LogP contribution in [-0.2, 0) is 0 Å². The fraction of sp³-hybridized carbons (Fsp3) is 0.263. The van der Waals surface area contributed by atoms with E-state index in [0.717, 1.165) is 23.9 Å². The Bertz CT molecular complexity index is 1280. The molecule has 0 saturated heterocycles. The van der Waals surface area contributed by atoms with E-state index >= 15 is 0 Å². The lowest BCUT2D eigenvalue weighted by Crippen LogP contribution is -2.26. The number of rotatable bonds is 4. The van der Waals surface area contributed by atoms with Crippen LogP contribution in [0, 0.1) is 6.08 Å². The Balaban J connectivity index is 1.64. The van der Waals surface area contributed by atoms with Crippen LogP contribution in [0.15, 0.2) is 35.4 Å². The molecule has 3 heterocycles. The van der Waals surface area contributed by atoms with Gasteiger partial charge < -0.3 is 14.9 Å². The number of fused-ring (bicyclic) bond motifs is 2. The monoisotopic (exact) mass is 398 g/mol. The van der Waals surface area contributed by atoms with E-state index in [1.165, 1.54) is 6.33 Å². The first-order valence-corrected chi connectivity index (χ1v) is 9.37. The van der Waals surface area contributed by atoms with Crippen molar-refractivity contribution < 1.29 is 4.39 Å². The standard InChI is InChI=1S/C19H16ClFN6O/c1-9(24-16-15-17(23-8-22-16)26-19(21)25-15)13-7-10-3-2-4-12(20)14(10)18(28)27(13)11-5-6-11/h2-4,7-9,11H,5-6H2,1H3,(H2,22,23,24,25,26). The number of anilines is 1. The zero-order valence-corrected chi connectivity index (χ0v) is 15.7. The van der Waals surface area contributed by atoms with Gasteiger partial charge in [0.15, 0.2) is 11.5 Å². The average molecular weight is 399 g/mol. The Hall–Kier alpha value is -3.00. The lowest BCUT2D eigenvalue weighted by molar-refractivity contribution is 0.556. The van der Waals surface area contributed by atoms with Crippen LogP contribution >= 0.6 is 11.6 Å². The Labute approximate surface area is 163 Å². The molecule has 0 bridgehead atoms. The molecule has 3 aromatic heterocycles. The summed E-state index contributed by atoms with van der Waals surface area (Å²) in [6.45, 7) is 1.94. The predicted molar refractivity (Wildman–Crippen MR) is 105 cm³/mol. The van der Waals surface area contributed by atoms with E-state index in [4.69, 9.17) is 11.6 Å². The van der Waals surface area contributed by atoms with Gasteiger partial charge in [-0.15, -0.1) is 0 Å². The largest absolute Gasteiger partial charge is 0.360 e. The van der Waals surface area contributed by atoms with Gasteiger partial charge in [0.2, 0.25) is 0 Å². The number of nitrogens with one attached hydrogen (secondary N) is 2. The quantitative estimate of drug-likeness (QED) is 0.508. The Morgan fingerprint density at radius 2 is 2.18 bits per heavy atom. The smallest absolute Gasteiger partial charge is 0.289 e. The number of H-pyrrole nitrogens is 1. The van der Waals surface area contributed by atoms with Crippen molar-refractivity contribution in [2.75, 3.05) is 5.32 Å². The van der Waals surface area contributed by atoms with E-state index in [1.807, 2.05) is 29.7 Å². The van der Waals surface area contributed by atoms with Gasteiger partial charge in [-0.2, -0.15) is 9.37 Å². The van der Waals surface area contributed by atoms with Crippen molar-refractivity contribution in [3.63, 3.8) is 0 Å². The van der Waals surface area contributed by atoms with Crippen LogP contribution < -0.4 is 10.9 Å². The molecule has 5 rings (SSSR count). The number of benzene rings is 1. The molecule has 1 aromatic carbocycles. The third-order valence-corrected chi connectivity index (χ3v) is 5.34. The minimum Gasteiger partial charge on any atom is -0.360 e. The molecule has 1 saturated carbocycles. The summed E-state index contributed by atoms with van der Waals surface area (Å²) >= 11 is 6.30. The molecule has 0 aliphatic heterocycles. The molecule has 0 amide bonds. The number of nitrogens with zero attached hydrogens (tertiary/aromatic N) is 4. The second kappa shape index (κ2) is 6.27. The van der Waals surface area contributed by atoms with Crippen molar-refractivity contribution in [1.82, 2.24) is 24.5 Å². The number of pyridine rings is 1. The molecule has 1 aliphatic carbocycles. The number of aromatic amines is 1. The fourth-order valence-electron chi connectivity index (χ4n) is 3.58. The van der Waals surface area contributed by atoms with Gasteiger partial charge in [0, 0.05) is 11.7 Å². The fourth-order valence-corrected chi connectivity index (χ4v) is 3.85. The topological polar surface area (TPSA) is 88.5 Å². The second-order valence-electron chi connectivity index (χ2n) is 6.99. The van der Waals surface area contributed by atoms with Crippen LogP contribution in [0.5, 0.6) is 0 Å². The lowest BCUT2D eigenvalue weighted by Gasteiger charge is -2.21. The highest BCUT2D eigenvalue weighted by Crippen LogP contribution is 2.37. The summed E-state index contributed by atoms with van der Waals surface area (Å²) in [7, 11) is 0. The highest BCUT2D eigenvalue weighted by molar-refractivity contribution is 6.35. The minimum atomic E-state index is -0.721. The summed E-state index contributed by atoms with van der Waals surface area (Å²) in [6, 6.07) is 7.32. The molecule has 2 N–H and O–H groups in total. The summed E-state index contributed by atoms with van der Waals surface area (Å²) in [6.07, 6.45) is 2.52. The van der Waals surface area contributed by atoms with Crippen LogP contribution in [0.25, 0.3) is 21.9 Å². The maximum atomic E-state index is 13.5. The zero-order chi connectivity index (χ0) is 19.4. The Morgan fingerprint density at radius 1 is 1.36 bits per heavy atom. The molecule has 4 aromatic rings. The van der Waals surface area contributed by atoms with Crippen molar-refractivity contribution in [3.8, 4) is 0 Å². The van der Waals surface area contributed by atoms with E-state index in [9.17, 15) is 9.18 Å². The average Bonchev–Trinajstić information content (AvgIpc) is 3.41. The third kappa shape index (κ3) is 2.72. The summed E-state index contributed by atoms with van der Waals surface area (Å²) in [5.74, 6) is 0.426. The molecule has 1 unspecified atom stereocenters. The summed E-state index contributed by atoms with van der Waals surface area (Å²) in [5.41, 5.74) is 1.37. The number of hydrogen-bond donors (Lipinski definition) is 2. The van der Waals surface area contributed by atoms with Gasteiger partial charge in [0.05, 0.1) is 16.5 Å². The number of imidazole rings is 1. The van der Waals surface area contributed by atoms with E-state index in [0.29, 0.717) is 21.7 Å². The van der Waals surface area contributed by atoms with Crippen molar-refractivity contribution in [3.05, 3.63) is 57.7 Å². The Morgan fingerprint density at radius 3 is 2.96 bits per heavy atom. The molecule has 1 aliphatic rings. The summed E-state index contributed by atoms with van der Waals surface area (Å²) in [5, 5.41) is 5.04. The predicted octanol–water partition coefficient (Wildman–Crippen LogP) is 3.97. The molecule has 9 heteroatoms. The highest BCUT2D eigenvalue weighted by atomic mass is 35.5. The summed E-state index contributed by atoms with van der Waals surface area (Å²) in [4.78, 5) is 27.6. The molecule has 1 atom stereocenters. The molecule has 1 fully saturated rings. The van der Waals surface area contributed by atoms with Crippen molar-refractivity contribution in [2.24, 2.45) is 0 Å². The second-order valence-corrected chi connectivity index (χ2v) is 7.40. The van der Waals surface area contributed by atoms with Crippen LogP contribution in [0.1, 0.15) is 37.5 Å². The first kappa shape index (κ1) is 17.1. The van der Waals surface area contributed by atoms with Crippen LogP contribution in [0.3, 0.4) is 0 Å². The molecule has 7 nitrogen and oxygen atoms in total. The van der Waals surface area contributed by atoms with E-state index in [-0.39, 0.29) is 23.3 Å².